The Kier molecular flexibility index (Phi) is 6.25. The normalized spacial score (nSPS) is 12.1. The van der Waals surface area contributed by atoms with Gasteiger partial charge in [0.25, 0.3) is 0 Å². The van der Waals surface area contributed by atoms with Crippen molar-refractivity contribution in [3.05, 3.63) is 0 Å². The molecule has 0 amide bonds. The van der Waals surface area contributed by atoms with Crippen molar-refractivity contribution >= 4 is 13.4 Å². The van der Waals surface area contributed by atoms with Crippen LogP contribution in [0.2, 0.25) is 0 Å². The molecule has 0 spiro atoms. The summed E-state index contributed by atoms with van der Waals surface area (Å²) in [5, 5.41) is 0. The molecule has 0 aromatic carbocycles. The van der Waals surface area contributed by atoms with Crippen molar-refractivity contribution in [2.24, 2.45) is 5.92 Å². The van der Waals surface area contributed by atoms with Gasteiger partial charge in [-0.25, -0.2) is 0 Å². The van der Waals surface area contributed by atoms with Gasteiger partial charge in [-0.3, -0.25) is 9.36 Å². The molecule has 14 heavy (non-hydrogen) atoms. The van der Waals surface area contributed by atoms with Crippen LogP contribution in [-0.2, 0) is 9.36 Å². The summed E-state index contributed by atoms with van der Waals surface area (Å²) in [6.07, 6.45) is 2.43. The first kappa shape index (κ1) is 13.8. The number of Topliss-reactive ketones (excluding diaryl/α,β-unsaturated/α-hetero) is 1. The molecule has 0 aromatic heterocycles. The van der Waals surface area contributed by atoms with E-state index in [4.69, 9.17) is 9.79 Å². The van der Waals surface area contributed by atoms with E-state index in [0.29, 0.717) is 5.92 Å². The molecule has 0 saturated carbocycles. The molecule has 0 bridgehead atoms. The van der Waals surface area contributed by atoms with Gasteiger partial charge in [0.15, 0.2) is 0 Å². The zero-order chi connectivity index (χ0) is 11.2. The van der Waals surface area contributed by atoms with E-state index in [2.05, 4.69) is 13.8 Å². The molecule has 0 fully saturated rings. The minimum atomic E-state index is -4.14. The SMILES string of the molecule is CC(C)CCCCC(=O)CP(=O)(O)O. The second-order valence-corrected chi connectivity index (χ2v) is 5.65. The van der Waals surface area contributed by atoms with Gasteiger partial charge in [0.05, 0.1) is 0 Å². The fraction of sp³-hybridized carbons (Fsp3) is 0.889. The van der Waals surface area contributed by atoms with Crippen LogP contribution in [0.4, 0.5) is 0 Å². The predicted octanol–water partition coefficient (Wildman–Crippen LogP) is 1.95. The largest absolute Gasteiger partial charge is 0.332 e. The maximum Gasteiger partial charge on any atom is 0.332 e. The summed E-state index contributed by atoms with van der Waals surface area (Å²) in [7, 11) is -4.14. The first-order valence-electron chi connectivity index (χ1n) is 4.87. The minimum absolute atomic E-state index is 0.290. The van der Waals surface area contributed by atoms with Crippen molar-refractivity contribution in [3.8, 4) is 0 Å². The third kappa shape index (κ3) is 9.90. The molecule has 2 N–H and O–H groups in total. The monoisotopic (exact) mass is 222 g/mol. The Hall–Kier alpha value is -0.180. The van der Waals surface area contributed by atoms with Crippen LogP contribution in [0.3, 0.4) is 0 Å². The van der Waals surface area contributed by atoms with Gasteiger partial charge in [0, 0.05) is 6.42 Å². The van der Waals surface area contributed by atoms with Crippen molar-refractivity contribution < 1.29 is 19.1 Å². The lowest BCUT2D eigenvalue weighted by atomic mass is 10.0. The van der Waals surface area contributed by atoms with Crippen LogP contribution < -0.4 is 0 Å². The molecular weight excluding hydrogens is 203 g/mol. The van der Waals surface area contributed by atoms with E-state index in [1.807, 2.05) is 0 Å². The lowest BCUT2D eigenvalue weighted by molar-refractivity contribution is -0.117. The van der Waals surface area contributed by atoms with Gasteiger partial charge in [-0.05, 0) is 12.3 Å². The Bertz CT molecular complexity index is 219. The van der Waals surface area contributed by atoms with E-state index in [9.17, 15) is 9.36 Å². The number of ketones is 1. The molecule has 0 radical (unpaired) electrons. The zero-order valence-electron chi connectivity index (χ0n) is 8.77. The number of unbranched alkanes of at least 4 members (excludes halogenated alkanes) is 1. The van der Waals surface area contributed by atoms with Crippen LogP contribution >= 0.6 is 7.60 Å². The molecule has 0 rings (SSSR count). The van der Waals surface area contributed by atoms with Gasteiger partial charge in [0.1, 0.15) is 11.9 Å². The van der Waals surface area contributed by atoms with Crippen LogP contribution in [0.5, 0.6) is 0 Å². The van der Waals surface area contributed by atoms with Crippen LogP contribution in [0.1, 0.15) is 39.5 Å². The molecule has 84 valence electrons. The van der Waals surface area contributed by atoms with Crippen molar-refractivity contribution in [3.63, 3.8) is 0 Å². The van der Waals surface area contributed by atoms with Crippen molar-refractivity contribution in [1.29, 1.82) is 0 Å². The summed E-state index contributed by atoms with van der Waals surface area (Å²) in [4.78, 5) is 28.1. The van der Waals surface area contributed by atoms with Gasteiger partial charge in [-0.2, -0.15) is 0 Å². The topological polar surface area (TPSA) is 74.6 Å². The summed E-state index contributed by atoms with van der Waals surface area (Å²) < 4.78 is 10.5. The number of carbonyl (C=O) groups is 1. The highest BCUT2D eigenvalue weighted by Crippen LogP contribution is 2.34. The predicted molar refractivity (Wildman–Crippen MR) is 55.2 cm³/mol. The minimum Gasteiger partial charge on any atom is -0.324 e. The maximum absolute atomic E-state index is 11.0. The molecule has 0 atom stereocenters. The summed E-state index contributed by atoms with van der Waals surface area (Å²) in [6, 6.07) is 0. The van der Waals surface area contributed by atoms with E-state index in [1.165, 1.54) is 0 Å². The highest BCUT2D eigenvalue weighted by atomic mass is 31.2. The Morgan fingerprint density at radius 2 is 1.86 bits per heavy atom. The first-order chi connectivity index (χ1) is 6.31. The Labute approximate surface area is 84.9 Å². The summed E-state index contributed by atoms with van der Waals surface area (Å²) in [6.45, 7) is 4.22. The third-order valence-electron chi connectivity index (χ3n) is 1.87. The van der Waals surface area contributed by atoms with Gasteiger partial charge in [0.2, 0.25) is 0 Å². The van der Waals surface area contributed by atoms with Crippen molar-refractivity contribution in [2.45, 2.75) is 39.5 Å². The van der Waals surface area contributed by atoms with E-state index in [0.717, 1.165) is 19.3 Å². The zero-order valence-corrected chi connectivity index (χ0v) is 9.67. The molecule has 5 heteroatoms. The standard InChI is InChI=1S/C9H19O4P/c1-8(2)5-3-4-6-9(10)7-14(11,12)13/h8H,3-7H2,1-2H3,(H2,11,12,13). The molecule has 4 nitrogen and oxygen atoms in total. The first-order valence-corrected chi connectivity index (χ1v) is 6.67. The fourth-order valence-electron chi connectivity index (χ4n) is 1.18. The Morgan fingerprint density at radius 3 is 2.29 bits per heavy atom. The van der Waals surface area contributed by atoms with Gasteiger partial charge in [-0.15, -0.1) is 0 Å². The van der Waals surface area contributed by atoms with E-state index < -0.39 is 13.8 Å². The number of hydrogen-bond acceptors (Lipinski definition) is 2. The summed E-state index contributed by atoms with van der Waals surface area (Å²) in [5.74, 6) is 0.286. The average molecular weight is 222 g/mol. The molecule has 0 aliphatic heterocycles. The molecule has 0 aliphatic carbocycles. The third-order valence-corrected chi connectivity index (χ3v) is 2.63. The number of hydrogen-bond donors (Lipinski definition) is 2. The lowest BCUT2D eigenvalue weighted by Gasteiger charge is -2.04. The number of rotatable bonds is 7. The highest BCUT2D eigenvalue weighted by Gasteiger charge is 2.18. The van der Waals surface area contributed by atoms with Crippen LogP contribution in [0, 0.1) is 5.92 Å². The summed E-state index contributed by atoms with van der Waals surface area (Å²) in [5.41, 5.74) is 0. The van der Waals surface area contributed by atoms with Gasteiger partial charge in [-0.1, -0.05) is 26.7 Å². The van der Waals surface area contributed by atoms with Gasteiger partial charge < -0.3 is 9.79 Å². The fourth-order valence-corrected chi connectivity index (χ4v) is 1.80. The molecule has 0 saturated heterocycles. The lowest BCUT2D eigenvalue weighted by Crippen LogP contribution is -2.05. The van der Waals surface area contributed by atoms with Crippen molar-refractivity contribution in [2.75, 3.05) is 6.16 Å². The van der Waals surface area contributed by atoms with Crippen LogP contribution in [0.15, 0.2) is 0 Å². The smallest absolute Gasteiger partial charge is 0.324 e. The molecule has 0 unspecified atom stereocenters. The van der Waals surface area contributed by atoms with E-state index in [-0.39, 0.29) is 12.2 Å². The average Bonchev–Trinajstić information content (AvgIpc) is 1.94. The quantitative estimate of drug-likeness (QED) is 0.510. The van der Waals surface area contributed by atoms with Gasteiger partial charge >= 0.3 is 7.60 Å². The number of carbonyl (C=O) groups excluding carboxylic acids is 1. The molecular formula is C9H19O4P. The Balaban J connectivity index is 3.51. The second-order valence-electron chi connectivity index (χ2n) is 4.00. The highest BCUT2D eigenvalue weighted by molar-refractivity contribution is 7.52. The molecule has 0 heterocycles. The van der Waals surface area contributed by atoms with E-state index in [1.54, 1.807) is 0 Å². The van der Waals surface area contributed by atoms with Crippen LogP contribution in [-0.4, -0.2) is 21.7 Å². The van der Waals surface area contributed by atoms with Crippen molar-refractivity contribution in [1.82, 2.24) is 0 Å². The molecule has 0 aliphatic rings. The Morgan fingerprint density at radius 1 is 1.29 bits per heavy atom. The van der Waals surface area contributed by atoms with Crippen LogP contribution in [0.25, 0.3) is 0 Å². The second kappa shape index (κ2) is 6.33. The molecule has 0 aromatic rings. The van der Waals surface area contributed by atoms with E-state index >= 15 is 0 Å². The maximum atomic E-state index is 11.0. The summed E-state index contributed by atoms with van der Waals surface area (Å²) >= 11 is 0.